The summed E-state index contributed by atoms with van der Waals surface area (Å²) in [4.78, 5) is 0. The predicted octanol–water partition coefficient (Wildman–Crippen LogP) is 2.06. The SMILES string of the molecule is CC(C)(C)N1C=CC(N)=CS1. The highest BCUT2D eigenvalue weighted by molar-refractivity contribution is 8.00. The maximum Gasteiger partial charge on any atom is 0.0427 e. The Balaban J connectivity index is 2.63. The standard InChI is InChI=1S/C8H14N2S/c1-8(2,3)10-5-4-7(9)6-11-10/h4-6H,9H2,1-3H3. The molecule has 0 fully saturated rings. The number of hydrogen-bond acceptors (Lipinski definition) is 3. The summed E-state index contributed by atoms with van der Waals surface area (Å²) < 4.78 is 2.17. The van der Waals surface area contributed by atoms with Gasteiger partial charge in [0.2, 0.25) is 0 Å². The van der Waals surface area contributed by atoms with Crippen molar-refractivity contribution in [1.29, 1.82) is 0 Å². The molecular formula is C8H14N2S. The molecule has 3 heteroatoms. The predicted molar refractivity (Wildman–Crippen MR) is 50.6 cm³/mol. The lowest BCUT2D eigenvalue weighted by molar-refractivity contribution is 0.349. The van der Waals surface area contributed by atoms with Gasteiger partial charge >= 0.3 is 0 Å². The second-order valence-electron chi connectivity index (χ2n) is 3.54. The molecule has 11 heavy (non-hydrogen) atoms. The minimum Gasteiger partial charge on any atom is -0.398 e. The fraction of sp³-hybridized carbons (Fsp3) is 0.500. The van der Waals surface area contributed by atoms with Gasteiger partial charge in [-0.1, -0.05) is 0 Å². The van der Waals surface area contributed by atoms with E-state index in [0.29, 0.717) is 0 Å². The molecule has 0 aromatic carbocycles. The summed E-state index contributed by atoms with van der Waals surface area (Å²) in [5.41, 5.74) is 6.56. The van der Waals surface area contributed by atoms with Crippen molar-refractivity contribution in [2.45, 2.75) is 26.3 Å². The van der Waals surface area contributed by atoms with E-state index in [9.17, 15) is 0 Å². The topological polar surface area (TPSA) is 29.3 Å². The van der Waals surface area contributed by atoms with Crippen LogP contribution in [0, 0.1) is 0 Å². The Hall–Kier alpha value is -0.570. The molecule has 2 nitrogen and oxygen atoms in total. The van der Waals surface area contributed by atoms with Crippen LogP contribution in [0.5, 0.6) is 0 Å². The molecule has 1 rings (SSSR count). The summed E-state index contributed by atoms with van der Waals surface area (Å²) in [5.74, 6) is 0. The van der Waals surface area contributed by atoms with E-state index in [1.807, 2.05) is 17.7 Å². The Morgan fingerprint density at radius 1 is 1.45 bits per heavy atom. The van der Waals surface area contributed by atoms with Crippen LogP contribution in [-0.2, 0) is 0 Å². The second kappa shape index (κ2) is 2.81. The quantitative estimate of drug-likeness (QED) is 0.564. The fourth-order valence-electron chi connectivity index (χ4n) is 0.728. The largest absolute Gasteiger partial charge is 0.398 e. The first kappa shape index (κ1) is 8.53. The summed E-state index contributed by atoms with van der Waals surface area (Å²) in [6.07, 6.45) is 3.93. The summed E-state index contributed by atoms with van der Waals surface area (Å²) >= 11 is 1.64. The smallest absolute Gasteiger partial charge is 0.0427 e. The third kappa shape index (κ3) is 2.19. The zero-order valence-corrected chi connectivity index (χ0v) is 7.98. The molecule has 1 aliphatic heterocycles. The molecule has 0 aliphatic carbocycles. The van der Waals surface area contributed by atoms with Gasteiger partial charge in [0, 0.05) is 22.8 Å². The van der Waals surface area contributed by atoms with E-state index >= 15 is 0 Å². The van der Waals surface area contributed by atoms with Crippen molar-refractivity contribution in [3.63, 3.8) is 0 Å². The molecule has 0 aromatic rings. The molecule has 0 amide bonds. The molecule has 1 aliphatic rings. The summed E-state index contributed by atoms with van der Waals surface area (Å²) in [6.45, 7) is 6.50. The molecule has 0 bridgehead atoms. The van der Waals surface area contributed by atoms with E-state index in [1.54, 1.807) is 11.9 Å². The molecule has 0 unspecified atom stereocenters. The van der Waals surface area contributed by atoms with Crippen LogP contribution in [-0.4, -0.2) is 9.84 Å². The normalized spacial score (nSPS) is 18.5. The van der Waals surface area contributed by atoms with E-state index in [4.69, 9.17) is 5.73 Å². The maximum absolute atomic E-state index is 5.57. The van der Waals surface area contributed by atoms with Gasteiger partial charge in [-0.05, 0) is 38.8 Å². The van der Waals surface area contributed by atoms with E-state index in [0.717, 1.165) is 5.70 Å². The van der Waals surface area contributed by atoms with Crippen LogP contribution >= 0.6 is 11.9 Å². The molecule has 62 valence electrons. The molecule has 0 atom stereocenters. The molecule has 0 saturated heterocycles. The van der Waals surface area contributed by atoms with Crippen molar-refractivity contribution >= 4 is 11.9 Å². The first-order valence-electron chi connectivity index (χ1n) is 3.60. The Kier molecular flexibility index (Phi) is 2.18. The zero-order valence-electron chi connectivity index (χ0n) is 7.16. The zero-order chi connectivity index (χ0) is 8.48. The third-order valence-electron chi connectivity index (χ3n) is 1.37. The van der Waals surface area contributed by atoms with Gasteiger partial charge in [0.15, 0.2) is 0 Å². The molecule has 0 spiro atoms. The van der Waals surface area contributed by atoms with Gasteiger partial charge in [-0.15, -0.1) is 0 Å². The lowest BCUT2D eigenvalue weighted by atomic mass is 10.1. The highest BCUT2D eigenvalue weighted by Crippen LogP contribution is 2.27. The average molecular weight is 170 g/mol. The monoisotopic (exact) mass is 170 g/mol. The lowest BCUT2D eigenvalue weighted by Gasteiger charge is -2.33. The van der Waals surface area contributed by atoms with Gasteiger partial charge < -0.3 is 10.0 Å². The summed E-state index contributed by atoms with van der Waals surface area (Å²) in [6, 6.07) is 0. The molecule has 0 aromatic heterocycles. The highest BCUT2D eigenvalue weighted by atomic mass is 32.2. The minimum absolute atomic E-state index is 0.165. The van der Waals surface area contributed by atoms with Crippen molar-refractivity contribution in [3.05, 3.63) is 23.4 Å². The molecule has 0 saturated carbocycles. The Bertz CT molecular complexity index is 201. The fourth-order valence-corrected chi connectivity index (χ4v) is 1.49. The van der Waals surface area contributed by atoms with Crippen molar-refractivity contribution in [1.82, 2.24) is 4.31 Å². The van der Waals surface area contributed by atoms with Gasteiger partial charge in [-0.25, -0.2) is 0 Å². The third-order valence-corrected chi connectivity index (χ3v) is 2.64. The number of nitrogens with two attached hydrogens (primary N) is 1. The lowest BCUT2D eigenvalue weighted by Crippen LogP contribution is -2.32. The van der Waals surface area contributed by atoms with E-state index in [1.165, 1.54) is 0 Å². The Labute approximate surface area is 72.3 Å². The van der Waals surface area contributed by atoms with Gasteiger partial charge in [0.05, 0.1) is 0 Å². The maximum atomic E-state index is 5.57. The first-order chi connectivity index (χ1) is 5.00. The van der Waals surface area contributed by atoms with Crippen LogP contribution in [0.4, 0.5) is 0 Å². The summed E-state index contributed by atoms with van der Waals surface area (Å²) in [7, 11) is 0. The van der Waals surface area contributed by atoms with Gasteiger partial charge in [-0.3, -0.25) is 0 Å². The highest BCUT2D eigenvalue weighted by Gasteiger charge is 2.19. The number of rotatable bonds is 0. The van der Waals surface area contributed by atoms with Gasteiger partial charge in [0.25, 0.3) is 0 Å². The van der Waals surface area contributed by atoms with Crippen molar-refractivity contribution in [2.75, 3.05) is 0 Å². The van der Waals surface area contributed by atoms with Crippen LogP contribution in [0.25, 0.3) is 0 Å². The van der Waals surface area contributed by atoms with Crippen LogP contribution < -0.4 is 5.73 Å². The average Bonchev–Trinajstić information content (AvgIpc) is 1.86. The molecule has 2 N–H and O–H groups in total. The van der Waals surface area contributed by atoms with Crippen LogP contribution in [0.2, 0.25) is 0 Å². The second-order valence-corrected chi connectivity index (χ2v) is 4.38. The van der Waals surface area contributed by atoms with E-state index < -0.39 is 0 Å². The number of nitrogens with zero attached hydrogens (tertiary/aromatic N) is 1. The number of allylic oxidation sites excluding steroid dienone is 1. The van der Waals surface area contributed by atoms with Gasteiger partial charge in [-0.2, -0.15) is 0 Å². The van der Waals surface area contributed by atoms with Crippen molar-refractivity contribution in [2.24, 2.45) is 5.73 Å². The van der Waals surface area contributed by atoms with E-state index in [2.05, 4.69) is 25.1 Å². The molecule has 0 radical (unpaired) electrons. The molecular weight excluding hydrogens is 156 g/mol. The van der Waals surface area contributed by atoms with Crippen molar-refractivity contribution < 1.29 is 0 Å². The van der Waals surface area contributed by atoms with E-state index in [-0.39, 0.29) is 5.54 Å². The molecule has 1 heterocycles. The van der Waals surface area contributed by atoms with Crippen LogP contribution in [0.3, 0.4) is 0 Å². The van der Waals surface area contributed by atoms with Crippen molar-refractivity contribution in [3.8, 4) is 0 Å². The van der Waals surface area contributed by atoms with Crippen LogP contribution in [0.1, 0.15) is 20.8 Å². The Morgan fingerprint density at radius 2 is 2.09 bits per heavy atom. The minimum atomic E-state index is 0.165. The Morgan fingerprint density at radius 3 is 2.45 bits per heavy atom. The van der Waals surface area contributed by atoms with Gasteiger partial charge in [0.1, 0.15) is 0 Å². The number of hydrogen-bond donors (Lipinski definition) is 1. The first-order valence-corrected chi connectivity index (χ1v) is 4.44. The van der Waals surface area contributed by atoms with Crippen LogP contribution in [0.15, 0.2) is 23.4 Å². The summed E-state index contributed by atoms with van der Waals surface area (Å²) in [5, 5.41) is 1.95.